The predicted octanol–water partition coefficient (Wildman–Crippen LogP) is 4.83. The first-order valence-electron chi connectivity index (χ1n) is 8.99. The van der Waals surface area contributed by atoms with Crippen LogP contribution in [0.4, 0.5) is 0 Å². The van der Waals surface area contributed by atoms with Crippen LogP contribution in [0.5, 0.6) is 0 Å². The molecule has 3 aromatic heterocycles. The van der Waals surface area contributed by atoms with Gasteiger partial charge in [0.05, 0.1) is 5.39 Å². The standard InChI is InChI=1S/C21H20N2O3S2/c1-11(2)15-9-16-13(8-18(24)26-17(16)7-12(15)3)10-28-21-22-19-14(5-6-27-19)20(25)23(21)4/h5-9,11H,10H2,1-4H3. The Balaban J connectivity index is 1.78. The molecule has 0 bridgehead atoms. The van der Waals surface area contributed by atoms with Crippen LogP contribution in [0.15, 0.2) is 48.8 Å². The number of thiophene rings is 1. The zero-order valence-corrected chi connectivity index (χ0v) is 17.7. The van der Waals surface area contributed by atoms with E-state index in [-0.39, 0.29) is 11.2 Å². The van der Waals surface area contributed by atoms with Crippen LogP contribution in [0.2, 0.25) is 0 Å². The molecule has 4 rings (SSSR count). The molecular formula is C21H20N2O3S2. The predicted molar refractivity (Wildman–Crippen MR) is 116 cm³/mol. The highest BCUT2D eigenvalue weighted by molar-refractivity contribution is 7.98. The van der Waals surface area contributed by atoms with E-state index >= 15 is 0 Å². The van der Waals surface area contributed by atoms with Crippen molar-refractivity contribution < 1.29 is 4.42 Å². The van der Waals surface area contributed by atoms with E-state index in [0.717, 1.165) is 21.3 Å². The van der Waals surface area contributed by atoms with Gasteiger partial charge in [0.1, 0.15) is 10.4 Å². The van der Waals surface area contributed by atoms with Gasteiger partial charge in [-0.2, -0.15) is 0 Å². The first-order chi connectivity index (χ1) is 13.3. The van der Waals surface area contributed by atoms with Gasteiger partial charge in [0.15, 0.2) is 5.16 Å². The first-order valence-corrected chi connectivity index (χ1v) is 10.9. The molecule has 1 aromatic carbocycles. The van der Waals surface area contributed by atoms with Crippen molar-refractivity contribution in [2.45, 2.75) is 37.6 Å². The topological polar surface area (TPSA) is 65.1 Å². The van der Waals surface area contributed by atoms with Crippen LogP contribution in [0.3, 0.4) is 0 Å². The molecule has 144 valence electrons. The molecular weight excluding hydrogens is 392 g/mol. The van der Waals surface area contributed by atoms with Crippen LogP contribution in [-0.2, 0) is 12.8 Å². The van der Waals surface area contributed by atoms with E-state index in [0.29, 0.717) is 27.8 Å². The van der Waals surface area contributed by atoms with Gasteiger partial charge >= 0.3 is 5.63 Å². The molecule has 0 N–H and O–H groups in total. The average Bonchev–Trinajstić information content (AvgIpc) is 3.11. The highest BCUT2D eigenvalue weighted by Gasteiger charge is 2.14. The maximum Gasteiger partial charge on any atom is 0.336 e. The smallest absolute Gasteiger partial charge is 0.336 e. The molecule has 0 atom stereocenters. The molecule has 0 fully saturated rings. The molecule has 0 unspecified atom stereocenters. The molecule has 0 amide bonds. The van der Waals surface area contributed by atoms with Crippen LogP contribution in [-0.4, -0.2) is 9.55 Å². The third-order valence-corrected chi connectivity index (χ3v) is 6.74. The Morgan fingerprint density at radius 3 is 2.75 bits per heavy atom. The van der Waals surface area contributed by atoms with Crippen molar-refractivity contribution in [3.63, 3.8) is 0 Å². The molecule has 0 radical (unpaired) electrons. The van der Waals surface area contributed by atoms with Gasteiger partial charge in [0.2, 0.25) is 0 Å². The van der Waals surface area contributed by atoms with Crippen LogP contribution >= 0.6 is 23.1 Å². The lowest BCUT2D eigenvalue weighted by Gasteiger charge is -2.13. The molecule has 0 aliphatic heterocycles. The Morgan fingerprint density at radius 2 is 2.00 bits per heavy atom. The molecule has 0 spiro atoms. The van der Waals surface area contributed by atoms with Gasteiger partial charge in [-0.25, -0.2) is 9.78 Å². The summed E-state index contributed by atoms with van der Waals surface area (Å²) in [5.74, 6) is 0.903. The van der Waals surface area contributed by atoms with Crippen LogP contribution in [0.1, 0.15) is 36.5 Å². The Labute approximate surface area is 170 Å². The maximum absolute atomic E-state index is 12.5. The van der Waals surface area contributed by atoms with E-state index in [2.05, 4.69) is 24.9 Å². The highest BCUT2D eigenvalue weighted by atomic mass is 32.2. The van der Waals surface area contributed by atoms with E-state index < -0.39 is 0 Å². The fourth-order valence-corrected chi connectivity index (χ4v) is 5.15. The molecule has 0 aliphatic carbocycles. The summed E-state index contributed by atoms with van der Waals surface area (Å²) in [5.41, 5.74) is 3.42. The van der Waals surface area contributed by atoms with Gasteiger partial charge in [0, 0.05) is 24.3 Å². The molecule has 0 saturated heterocycles. The highest BCUT2D eigenvalue weighted by Crippen LogP contribution is 2.30. The molecule has 4 aromatic rings. The van der Waals surface area contributed by atoms with Crippen molar-refractivity contribution in [3.8, 4) is 0 Å². The summed E-state index contributed by atoms with van der Waals surface area (Å²) in [6, 6.07) is 7.39. The second-order valence-corrected chi connectivity index (χ2v) is 8.97. The summed E-state index contributed by atoms with van der Waals surface area (Å²) in [6.07, 6.45) is 0. The van der Waals surface area contributed by atoms with E-state index in [4.69, 9.17) is 4.42 Å². The summed E-state index contributed by atoms with van der Waals surface area (Å²) >= 11 is 2.91. The summed E-state index contributed by atoms with van der Waals surface area (Å²) in [4.78, 5) is 29.9. The molecule has 3 heterocycles. The normalized spacial score (nSPS) is 11.8. The Hall–Kier alpha value is -2.38. The Morgan fingerprint density at radius 1 is 1.21 bits per heavy atom. The molecule has 0 aliphatic rings. The van der Waals surface area contributed by atoms with Gasteiger partial charge in [-0.3, -0.25) is 9.36 Å². The number of hydrogen-bond acceptors (Lipinski definition) is 6. The van der Waals surface area contributed by atoms with E-state index in [1.807, 2.05) is 18.4 Å². The number of aryl methyl sites for hydroxylation is 1. The largest absolute Gasteiger partial charge is 0.423 e. The van der Waals surface area contributed by atoms with Crippen LogP contribution in [0.25, 0.3) is 21.2 Å². The number of rotatable bonds is 4. The molecule has 7 heteroatoms. The summed E-state index contributed by atoms with van der Waals surface area (Å²) in [7, 11) is 1.73. The van der Waals surface area contributed by atoms with Crippen molar-refractivity contribution in [2.24, 2.45) is 7.05 Å². The lowest BCUT2D eigenvalue weighted by atomic mass is 9.95. The summed E-state index contributed by atoms with van der Waals surface area (Å²) in [5, 5.41) is 4.08. The SMILES string of the molecule is Cc1cc2oc(=O)cc(CSc3nc4sccc4c(=O)n3C)c2cc1C(C)C. The quantitative estimate of drug-likeness (QED) is 0.273. The van der Waals surface area contributed by atoms with Crippen molar-refractivity contribution in [1.29, 1.82) is 0 Å². The van der Waals surface area contributed by atoms with Crippen LogP contribution in [0, 0.1) is 6.92 Å². The lowest BCUT2D eigenvalue weighted by molar-refractivity contribution is 0.559. The van der Waals surface area contributed by atoms with Crippen molar-refractivity contribution in [2.75, 3.05) is 0 Å². The second-order valence-electron chi connectivity index (χ2n) is 7.14. The Kier molecular flexibility index (Phi) is 4.89. The minimum atomic E-state index is -0.365. The van der Waals surface area contributed by atoms with Crippen LogP contribution < -0.4 is 11.2 Å². The number of fused-ring (bicyclic) bond motifs is 2. The number of aromatic nitrogens is 2. The molecule has 0 saturated carbocycles. The minimum Gasteiger partial charge on any atom is -0.423 e. The summed E-state index contributed by atoms with van der Waals surface area (Å²) < 4.78 is 6.99. The third kappa shape index (κ3) is 3.29. The van der Waals surface area contributed by atoms with Gasteiger partial charge < -0.3 is 4.42 Å². The number of hydrogen-bond donors (Lipinski definition) is 0. The van der Waals surface area contributed by atoms with Gasteiger partial charge in [-0.1, -0.05) is 25.6 Å². The average molecular weight is 413 g/mol. The monoisotopic (exact) mass is 412 g/mol. The number of thioether (sulfide) groups is 1. The van der Waals surface area contributed by atoms with Crippen molar-refractivity contribution in [1.82, 2.24) is 9.55 Å². The van der Waals surface area contributed by atoms with E-state index in [9.17, 15) is 9.59 Å². The van der Waals surface area contributed by atoms with Gasteiger partial charge in [-0.15, -0.1) is 11.3 Å². The Bertz CT molecular complexity index is 1320. The maximum atomic E-state index is 12.5. The first kappa shape index (κ1) is 19.0. The van der Waals surface area contributed by atoms with Gasteiger partial charge in [-0.05, 0) is 53.1 Å². The lowest BCUT2D eigenvalue weighted by Crippen LogP contribution is -2.19. The zero-order chi connectivity index (χ0) is 20.0. The van der Waals surface area contributed by atoms with Gasteiger partial charge in [0.25, 0.3) is 5.56 Å². The minimum absolute atomic E-state index is 0.0519. The zero-order valence-electron chi connectivity index (χ0n) is 16.1. The second kappa shape index (κ2) is 7.22. The van der Waals surface area contributed by atoms with Crippen molar-refractivity contribution in [3.05, 3.63) is 67.1 Å². The van der Waals surface area contributed by atoms with Crippen molar-refractivity contribution >= 4 is 44.3 Å². The van der Waals surface area contributed by atoms with E-state index in [1.165, 1.54) is 34.7 Å². The molecule has 5 nitrogen and oxygen atoms in total. The summed E-state index contributed by atoms with van der Waals surface area (Å²) in [6.45, 7) is 6.33. The number of benzene rings is 1. The fraction of sp³-hybridized carbons (Fsp3) is 0.286. The van der Waals surface area contributed by atoms with E-state index in [1.54, 1.807) is 17.7 Å². The third-order valence-electron chi connectivity index (χ3n) is 4.86. The fourth-order valence-electron chi connectivity index (χ4n) is 3.38. The number of nitrogens with zero attached hydrogens (tertiary/aromatic N) is 2. The molecule has 28 heavy (non-hydrogen) atoms.